The largest absolute Gasteiger partial charge is 0.356 e. The molecule has 6 heteroatoms. The molecule has 1 amide bonds. The Kier molecular flexibility index (Phi) is 7.29. The van der Waals surface area contributed by atoms with Crippen molar-refractivity contribution in [3.8, 4) is 0 Å². The molecule has 0 spiro atoms. The lowest BCUT2D eigenvalue weighted by molar-refractivity contribution is -0.127. The van der Waals surface area contributed by atoms with Crippen LogP contribution in [0.1, 0.15) is 44.4 Å². The van der Waals surface area contributed by atoms with E-state index in [2.05, 4.69) is 40.9 Å². The van der Waals surface area contributed by atoms with Crippen LogP contribution in [0.15, 0.2) is 22.5 Å². The van der Waals surface area contributed by atoms with Crippen molar-refractivity contribution in [3.63, 3.8) is 0 Å². The maximum Gasteiger partial charge on any atom is 0.243 e. The SMILES string of the molecule is CN(C)C(=O)CN=C(NCc1cccs1)NCC1CCC(C)(C)CC1. The smallest absolute Gasteiger partial charge is 0.243 e. The molecular formula is C19H32N4OS. The molecule has 0 atom stereocenters. The first kappa shape index (κ1) is 19.8. The van der Waals surface area contributed by atoms with E-state index < -0.39 is 0 Å². The highest BCUT2D eigenvalue weighted by Gasteiger charge is 2.26. The van der Waals surface area contributed by atoms with Gasteiger partial charge in [-0.05, 0) is 48.5 Å². The second kappa shape index (κ2) is 9.22. The zero-order chi connectivity index (χ0) is 18.3. The third kappa shape index (κ3) is 7.06. The van der Waals surface area contributed by atoms with Gasteiger partial charge >= 0.3 is 0 Å². The van der Waals surface area contributed by atoms with Gasteiger partial charge in [-0.15, -0.1) is 11.3 Å². The van der Waals surface area contributed by atoms with E-state index in [4.69, 9.17) is 0 Å². The van der Waals surface area contributed by atoms with Crippen LogP contribution in [-0.4, -0.2) is 44.0 Å². The molecular weight excluding hydrogens is 332 g/mol. The maximum absolute atomic E-state index is 11.8. The van der Waals surface area contributed by atoms with Gasteiger partial charge in [-0.25, -0.2) is 4.99 Å². The van der Waals surface area contributed by atoms with Gasteiger partial charge in [-0.3, -0.25) is 4.79 Å². The van der Waals surface area contributed by atoms with E-state index in [1.807, 2.05) is 6.07 Å². The first-order chi connectivity index (χ1) is 11.9. The Morgan fingerprint density at radius 1 is 1.32 bits per heavy atom. The summed E-state index contributed by atoms with van der Waals surface area (Å²) in [6.07, 6.45) is 5.09. The van der Waals surface area contributed by atoms with Gasteiger partial charge in [0.05, 0.1) is 6.54 Å². The Bertz CT molecular complexity index is 556. The predicted molar refractivity (Wildman–Crippen MR) is 106 cm³/mol. The Morgan fingerprint density at radius 3 is 2.64 bits per heavy atom. The summed E-state index contributed by atoms with van der Waals surface area (Å²) in [6, 6.07) is 4.15. The summed E-state index contributed by atoms with van der Waals surface area (Å²) < 4.78 is 0. The van der Waals surface area contributed by atoms with Crippen molar-refractivity contribution in [1.29, 1.82) is 0 Å². The van der Waals surface area contributed by atoms with E-state index in [0.717, 1.165) is 19.0 Å². The van der Waals surface area contributed by atoms with Crippen molar-refractivity contribution in [2.45, 2.75) is 46.1 Å². The number of guanidine groups is 1. The molecule has 1 fully saturated rings. The van der Waals surface area contributed by atoms with Crippen LogP contribution in [0.25, 0.3) is 0 Å². The number of hydrogen-bond donors (Lipinski definition) is 2. The number of amides is 1. The van der Waals surface area contributed by atoms with Crippen LogP contribution in [0.2, 0.25) is 0 Å². The minimum Gasteiger partial charge on any atom is -0.356 e. The van der Waals surface area contributed by atoms with Crippen molar-refractivity contribution in [2.75, 3.05) is 27.2 Å². The summed E-state index contributed by atoms with van der Waals surface area (Å²) in [6.45, 7) is 6.54. The molecule has 2 rings (SSSR count). The van der Waals surface area contributed by atoms with Crippen molar-refractivity contribution < 1.29 is 4.79 Å². The van der Waals surface area contributed by atoms with Gasteiger partial charge in [0, 0.05) is 25.5 Å². The van der Waals surface area contributed by atoms with Crippen molar-refractivity contribution in [2.24, 2.45) is 16.3 Å². The van der Waals surface area contributed by atoms with Crippen LogP contribution >= 0.6 is 11.3 Å². The van der Waals surface area contributed by atoms with Crippen LogP contribution in [0.3, 0.4) is 0 Å². The highest BCUT2D eigenvalue weighted by Crippen LogP contribution is 2.37. The quantitative estimate of drug-likeness (QED) is 0.602. The second-order valence-corrected chi connectivity index (χ2v) is 8.91. The van der Waals surface area contributed by atoms with E-state index in [9.17, 15) is 4.79 Å². The van der Waals surface area contributed by atoms with Gasteiger partial charge in [0.15, 0.2) is 5.96 Å². The van der Waals surface area contributed by atoms with E-state index in [1.54, 1.807) is 30.3 Å². The van der Waals surface area contributed by atoms with Gasteiger partial charge in [-0.2, -0.15) is 0 Å². The molecule has 0 radical (unpaired) electrons. The number of thiophene rings is 1. The Balaban J connectivity index is 1.86. The van der Waals surface area contributed by atoms with Crippen molar-refractivity contribution in [1.82, 2.24) is 15.5 Å². The molecule has 140 valence electrons. The van der Waals surface area contributed by atoms with Gasteiger partial charge in [0.1, 0.15) is 6.54 Å². The van der Waals surface area contributed by atoms with Crippen LogP contribution in [0.5, 0.6) is 0 Å². The van der Waals surface area contributed by atoms with Gasteiger partial charge in [0.2, 0.25) is 5.91 Å². The normalized spacial score (nSPS) is 18.0. The number of rotatable bonds is 6. The minimum atomic E-state index is 0.0108. The standard InChI is InChI=1S/C19H32N4OS/c1-19(2)9-7-15(8-10-19)12-20-18(22-14-17(24)23(3)4)21-13-16-6-5-11-25-16/h5-6,11,15H,7-10,12-14H2,1-4H3,(H2,20,21,22). The minimum absolute atomic E-state index is 0.0108. The number of nitrogens with zero attached hydrogens (tertiary/aromatic N) is 2. The van der Waals surface area contributed by atoms with Crippen LogP contribution < -0.4 is 10.6 Å². The lowest BCUT2D eigenvalue weighted by Gasteiger charge is -2.34. The number of likely N-dealkylation sites (N-methyl/N-ethyl adjacent to an activating group) is 1. The fraction of sp³-hybridized carbons (Fsp3) is 0.684. The molecule has 1 aromatic heterocycles. The molecule has 1 aliphatic carbocycles. The van der Waals surface area contributed by atoms with Gasteiger partial charge < -0.3 is 15.5 Å². The molecule has 0 aliphatic heterocycles. The zero-order valence-electron chi connectivity index (χ0n) is 16.0. The predicted octanol–water partition coefficient (Wildman–Crippen LogP) is 3.09. The summed E-state index contributed by atoms with van der Waals surface area (Å²) in [4.78, 5) is 19.1. The lowest BCUT2D eigenvalue weighted by atomic mass is 9.73. The molecule has 25 heavy (non-hydrogen) atoms. The highest BCUT2D eigenvalue weighted by atomic mass is 32.1. The Labute approximate surface area is 155 Å². The number of aliphatic imine (C=N–C) groups is 1. The van der Waals surface area contributed by atoms with Crippen molar-refractivity contribution >= 4 is 23.2 Å². The Hall–Kier alpha value is -1.56. The number of carbonyl (C=O) groups is 1. The topological polar surface area (TPSA) is 56.7 Å². The summed E-state index contributed by atoms with van der Waals surface area (Å²) >= 11 is 1.72. The monoisotopic (exact) mass is 364 g/mol. The first-order valence-electron chi connectivity index (χ1n) is 9.10. The van der Waals surface area contributed by atoms with E-state index in [0.29, 0.717) is 11.3 Å². The second-order valence-electron chi connectivity index (χ2n) is 7.87. The number of hydrogen-bond acceptors (Lipinski definition) is 3. The van der Waals surface area contributed by atoms with E-state index in [-0.39, 0.29) is 12.5 Å². The molecule has 5 nitrogen and oxygen atoms in total. The molecule has 1 aliphatic rings. The summed E-state index contributed by atoms with van der Waals surface area (Å²) in [5, 5.41) is 8.87. The van der Waals surface area contributed by atoms with Crippen LogP contribution in [0, 0.1) is 11.3 Å². The average molecular weight is 365 g/mol. The molecule has 0 aromatic carbocycles. The van der Waals surface area contributed by atoms with Gasteiger partial charge in [-0.1, -0.05) is 19.9 Å². The molecule has 1 heterocycles. The fourth-order valence-electron chi connectivity index (χ4n) is 2.95. The van der Waals surface area contributed by atoms with E-state index in [1.165, 1.54) is 30.6 Å². The third-order valence-electron chi connectivity index (χ3n) is 4.90. The van der Waals surface area contributed by atoms with Crippen molar-refractivity contribution in [3.05, 3.63) is 22.4 Å². The lowest BCUT2D eigenvalue weighted by Crippen LogP contribution is -2.41. The number of nitrogens with one attached hydrogen (secondary N) is 2. The molecule has 0 saturated heterocycles. The van der Waals surface area contributed by atoms with Crippen LogP contribution in [0.4, 0.5) is 0 Å². The zero-order valence-corrected chi connectivity index (χ0v) is 16.8. The molecule has 0 unspecified atom stereocenters. The van der Waals surface area contributed by atoms with E-state index >= 15 is 0 Å². The fourth-order valence-corrected chi connectivity index (χ4v) is 3.60. The summed E-state index contributed by atoms with van der Waals surface area (Å²) in [5.74, 6) is 1.43. The summed E-state index contributed by atoms with van der Waals surface area (Å²) in [5.41, 5.74) is 0.489. The van der Waals surface area contributed by atoms with Crippen LogP contribution in [-0.2, 0) is 11.3 Å². The Morgan fingerprint density at radius 2 is 2.04 bits per heavy atom. The molecule has 0 bridgehead atoms. The average Bonchev–Trinajstić information content (AvgIpc) is 3.08. The molecule has 1 saturated carbocycles. The molecule has 2 N–H and O–H groups in total. The summed E-state index contributed by atoms with van der Waals surface area (Å²) in [7, 11) is 3.52. The molecule has 1 aromatic rings. The highest BCUT2D eigenvalue weighted by molar-refractivity contribution is 7.09. The van der Waals surface area contributed by atoms with Gasteiger partial charge in [0.25, 0.3) is 0 Å². The number of carbonyl (C=O) groups excluding carboxylic acids is 1. The maximum atomic E-state index is 11.8. The third-order valence-corrected chi connectivity index (χ3v) is 5.77. The first-order valence-corrected chi connectivity index (χ1v) is 9.98.